The van der Waals surface area contributed by atoms with Crippen LogP contribution in [-0.2, 0) is 9.84 Å². The topological polar surface area (TPSA) is 113 Å². The molecule has 2 aromatic heterocycles. The third kappa shape index (κ3) is 2.53. The first-order valence-corrected chi connectivity index (χ1v) is 8.25. The Balaban J connectivity index is 1.91. The number of anilines is 2. The van der Waals surface area contributed by atoms with E-state index < -0.39 is 9.84 Å². The van der Waals surface area contributed by atoms with Crippen LogP contribution in [0.3, 0.4) is 0 Å². The molecule has 8 nitrogen and oxygen atoms in total. The molecule has 3 N–H and O–H groups in total. The SMILES string of the molecule is CNc1nc(NC2CCCS(=O)(=O)C2)c2cn[nH]c2n1. The number of fused-ring (bicyclic) bond motifs is 1. The number of nitrogens with zero attached hydrogens (tertiary/aromatic N) is 3. The Labute approximate surface area is 116 Å². The Morgan fingerprint density at radius 1 is 1.40 bits per heavy atom. The van der Waals surface area contributed by atoms with Gasteiger partial charge in [-0.2, -0.15) is 15.1 Å². The number of hydrogen-bond acceptors (Lipinski definition) is 7. The van der Waals surface area contributed by atoms with Gasteiger partial charge in [-0.25, -0.2) is 8.42 Å². The summed E-state index contributed by atoms with van der Waals surface area (Å²) in [6.45, 7) is 0. The first kappa shape index (κ1) is 13.1. The van der Waals surface area contributed by atoms with Crippen LogP contribution in [0, 0.1) is 0 Å². The van der Waals surface area contributed by atoms with Crippen LogP contribution in [0.25, 0.3) is 11.0 Å². The van der Waals surface area contributed by atoms with Gasteiger partial charge in [0.25, 0.3) is 0 Å². The minimum atomic E-state index is -2.95. The van der Waals surface area contributed by atoms with E-state index >= 15 is 0 Å². The zero-order valence-electron chi connectivity index (χ0n) is 11.0. The molecule has 1 saturated heterocycles. The number of H-pyrrole nitrogens is 1. The molecule has 1 aliphatic rings. The van der Waals surface area contributed by atoms with Gasteiger partial charge < -0.3 is 10.6 Å². The average Bonchev–Trinajstić information content (AvgIpc) is 2.85. The predicted octanol–water partition coefficient (Wildman–Crippen LogP) is 0.384. The fourth-order valence-electron chi connectivity index (χ4n) is 2.39. The van der Waals surface area contributed by atoms with Gasteiger partial charge in [-0.15, -0.1) is 0 Å². The van der Waals surface area contributed by atoms with Crippen LogP contribution in [0.5, 0.6) is 0 Å². The van der Waals surface area contributed by atoms with Gasteiger partial charge in [0.2, 0.25) is 5.95 Å². The highest BCUT2D eigenvalue weighted by atomic mass is 32.2. The van der Waals surface area contributed by atoms with Crippen molar-refractivity contribution in [2.45, 2.75) is 18.9 Å². The highest BCUT2D eigenvalue weighted by Crippen LogP contribution is 2.23. The molecule has 1 unspecified atom stereocenters. The zero-order valence-corrected chi connectivity index (χ0v) is 11.9. The van der Waals surface area contributed by atoms with Gasteiger partial charge in [-0.1, -0.05) is 0 Å². The first-order chi connectivity index (χ1) is 9.57. The number of aromatic nitrogens is 4. The lowest BCUT2D eigenvalue weighted by molar-refractivity contribution is 0.561. The molecule has 1 atom stereocenters. The van der Waals surface area contributed by atoms with Crippen molar-refractivity contribution in [3.8, 4) is 0 Å². The van der Waals surface area contributed by atoms with E-state index in [1.165, 1.54) is 0 Å². The summed E-state index contributed by atoms with van der Waals surface area (Å²) in [5.41, 5.74) is 0.616. The predicted molar refractivity (Wildman–Crippen MR) is 76.5 cm³/mol. The second-order valence-corrected chi connectivity index (χ2v) is 7.10. The van der Waals surface area contributed by atoms with Crippen molar-refractivity contribution in [3.63, 3.8) is 0 Å². The highest BCUT2D eigenvalue weighted by molar-refractivity contribution is 7.91. The molecule has 0 bridgehead atoms. The standard InChI is InChI=1S/C11H16N6O2S/c1-12-11-15-9(8-5-13-17-10(8)16-11)14-7-3-2-4-20(18,19)6-7/h5,7H,2-4,6H2,1H3,(H3,12,13,14,15,16,17). The van der Waals surface area contributed by atoms with Gasteiger partial charge in [0.05, 0.1) is 23.1 Å². The van der Waals surface area contributed by atoms with Crippen molar-refractivity contribution in [1.82, 2.24) is 20.2 Å². The highest BCUT2D eigenvalue weighted by Gasteiger charge is 2.25. The van der Waals surface area contributed by atoms with E-state index in [0.29, 0.717) is 23.8 Å². The van der Waals surface area contributed by atoms with Crippen LogP contribution < -0.4 is 10.6 Å². The Morgan fingerprint density at radius 2 is 2.25 bits per heavy atom. The van der Waals surface area contributed by atoms with E-state index in [4.69, 9.17) is 0 Å². The molecule has 108 valence electrons. The van der Waals surface area contributed by atoms with Gasteiger partial charge >= 0.3 is 0 Å². The maximum atomic E-state index is 11.7. The average molecular weight is 296 g/mol. The van der Waals surface area contributed by atoms with Gasteiger partial charge in [0.1, 0.15) is 5.82 Å². The van der Waals surface area contributed by atoms with Gasteiger partial charge in [-0.05, 0) is 12.8 Å². The lowest BCUT2D eigenvalue weighted by Gasteiger charge is -2.23. The fraction of sp³-hybridized carbons (Fsp3) is 0.545. The molecule has 0 spiro atoms. The van der Waals surface area contributed by atoms with Crippen LogP contribution in [-0.4, -0.2) is 53.2 Å². The summed E-state index contributed by atoms with van der Waals surface area (Å²) >= 11 is 0. The molecule has 1 fully saturated rings. The molecule has 0 aromatic carbocycles. The van der Waals surface area contributed by atoms with E-state index in [0.717, 1.165) is 11.8 Å². The molecule has 9 heteroatoms. The maximum Gasteiger partial charge on any atom is 0.226 e. The lowest BCUT2D eigenvalue weighted by atomic mass is 10.2. The Bertz CT molecular complexity index is 726. The summed E-state index contributed by atoms with van der Waals surface area (Å²) < 4.78 is 23.4. The minimum absolute atomic E-state index is 0.119. The van der Waals surface area contributed by atoms with Crippen LogP contribution in [0.15, 0.2) is 6.20 Å². The number of sulfone groups is 1. The minimum Gasteiger partial charge on any atom is -0.366 e. The molecule has 0 amide bonds. The smallest absolute Gasteiger partial charge is 0.226 e. The van der Waals surface area contributed by atoms with Crippen molar-refractivity contribution in [2.75, 3.05) is 29.2 Å². The number of rotatable bonds is 3. The molecule has 0 radical (unpaired) electrons. The number of hydrogen-bond donors (Lipinski definition) is 3. The largest absolute Gasteiger partial charge is 0.366 e. The second-order valence-electron chi connectivity index (χ2n) is 4.88. The van der Waals surface area contributed by atoms with Crippen LogP contribution in [0.1, 0.15) is 12.8 Å². The molecule has 2 aromatic rings. The van der Waals surface area contributed by atoms with E-state index in [2.05, 4.69) is 30.8 Å². The van der Waals surface area contributed by atoms with Crippen LogP contribution in [0.4, 0.5) is 11.8 Å². The summed E-state index contributed by atoms with van der Waals surface area (Å²) in [5, 5.41) is 13.6. The summed E-state index contributed by atoms with van der Waals surface area (Å²) in [6, 6.07) is -0.119. The van der Waals surface area contributed by atoms with E-state index in [-0.39, 0.29) is 17.5 Å². The molecular weight excluding hydrogens is 280 g/mol. The maximum absolute atomic E-state index is 11.7. The monoisotopic (exact) mass is 296 g/mol. The molecule has 20 heavy (non-hydrogen) atoms. The van der Waals surface area contributed by atoms with Crippen molar-refractivity contribution in [2.24, 2.45) is 0 Å². The van der Waals surface area contributed by atoms with Crippen molar-refractivity contribution >= 4 is 32.6 Å². The summed E-state index contributed by atoms with van der Waals surface area (Å²) in [7, 11) is -1.22. The number of nitrogens with one attached hydrogen (secondary N) is 3. The zero-order chi connectivity index (χ0) is 14.2. The Morgan fingerprint density at radius 3 is 3.00 bits per heavy atom. The summed E-state index contributed by atoms with van der Waals surface area (Å²) in [4.78, 5) is 8.58. The summed E-state index contributed by atoms with van der Waals surface area (Å²) in [6.07, 6.45) is 3.13. The number of aromatic amines is 1. The summed E-state index contributed by atoms with van der Waals surface area (Å²) in [5.74, 6) is 1.49. The molecule has 0 aliphatic carbocycles. The molecule has 0 saturated carbocycles. The first-order valence-electron chi connectivity index (χ1n) is 6.43. The van der Waals surface area contributed by atoms with Gasteiger partial charge in [-0.3, -0.25) is 5.10 Å². The van der Waals surface area contributed by atoms with Crippen molar-refractivity contribution < 1.29 is 8.42 Å². The van der Waals surface area contributed by atoms with E-state index in [1.807, 2.05) is 0 Å². The molecule has 3 rings (SSSR count). The fourth-order valence-corrected chi connectivity index (χ4v) is 4.02. The molecule has 3 heterocycles. The van der Waals surface area contributed by atoms with Crippen molar-refractivity contribution in [1.29, 1.82) is 0 Å². The van der Waals surface area contributed by atoms with Gasteiger partial charge in [0.15, 0.2) is 15.5 Å². The van der Waals surface area contributed by atoms with Crippen LogP contribution in [0.2, 0.25) is 0 Å². The Kier molecular flexibility index (Phi) is 3.20. The molecule has 1 aliphatic heterocycles. The quantitative estimate of drug-likeness (QED) is 0.750. The van der Waals surface area contributed by atoms with E-state index in [9.17, 15) is 8.42 Å². The second kappa shape index (κ2) is 4.89. The van der Waals surface area contributed by atoms with Gasteiger partial charge in [0, 0.05) is 13.1 Å². The normalized spacial score (nSPS) is 21.8. The Hall–Kier alpha value is -1.90. The third-order valence-corrected chi connectivity index (χ3v) is 5.16. The lowest BCUT2D eigenvalue weighted by Crippen LogP contribution is -2.35. The van der Waals surface area contributed by atoms with Crippen molar-refractivity contribution in [3.05, 3.63) is 6.20 Å². The third-order valence-electron chi connectivity index (χ3n) is 3.34. The van der Waals surface area contributed by atoms with E-state index in [1.54, 1.807) is 13.2 Å². The van der Waals surface area contributed by atoms with Crippen LogP contribution >= 0.6 is 0 Å². The molecular formula is C11H16N6O2S.